The molecule has 3 aromatic carbocycles. The average Bonchev–Trinajstić information content (AvgIpc) is 2.52. The lowest BCUT2D eigenvalue weighted by Crippen LogP contribution is -2.16. The van der Waals surface area contributed by atoms with Crippen LogP contribution in [0.15, 0.2) is 54.6 Å². The first-order valence-electron chi connectivity index (χ1n) is 7.31. The number of hydrogen-bond donors (Lipinski definition) is 0. The van der Waals surface area contributed by atoms with Gasteiger partial charge in [-0.3, -0.25) is 4.79 Å². The van der Waals surface area contributed by atoms with Crippen LogP contribution in [0.2, 0.25) is 0 Å². The lowest BCUT2D eigenvalue weighted by molar-refractivity contribution is -0.138. The molecule has 0 N–H and O–H groups in total. The van der Waals surface area contributed by atoms with E-state index in [1.807, 2.05) is 44.2 Å². The highest BCUT2D eigenvalue weighted by Gasteiger charge is 2.13. The number of fused-ring (bicyclic) bond motifs is 2. The molecule has 0 aromatic heterocycles. The molecule has 3 aromatic rings. The molecule has 1 atom stereocenters. The number of rotatable bonds is 3. The summed E-state index contributed by atoms with van der Waals surface area (Å²) in [7, 11) is 0. The Kier molecular flexibility index (Phi) is 3.61. The van der Waals surface area contributed by atoms with Crippen LogP contribution in [-0.4, -0.2) is 5.97 Å². The first-order chi connectivity index (χ1) is 10.2. The second-order valence-corrected chi connectivity index (χ2v) is 5.44. The topological polar surface area (TPSA) is 26.3 Å². The van der Waals surface area contributed by atoms with Gasteiger partial charge in [0, 0.05) is 0 Å². The molecule has 0 amide bonds. The largest absolute Gasteiger partial charge is 0.426 e. The van der Waals surface area contributed by atoms with Gasteiger partial charge in [-0.25, -0.2) is 0 Å². The van der Waals surface area contributed by atoms with E-state index in [2.05, 4.69) is 24.3 Å². The van der Waals surface area contributed by atoms with E-state index >= 15 is 0 Å². The molecule has 1 unspecified atom stereocenters. The van der Waals surface area contributed by atoms with Crippen LogP contribution in [0.4, 0.5) is 0 Å². The minimum Gasteiger partial charge on any atom is -0.426 e. The van der Waals surface area contributed by atoms with Gasteiger partial charge in [0.1, 0.15) is 5.75 Å². The summed E-state index contributed by atoms with van der Waals surface area (Å²) >= 11 is 0. The van der Waals surface area contributed by atoms with Crippen molar-refractivity contribution in [2.24, 2.45) is 5.92 Å². The average molecular weight is 278 g/mol. The van der Waals surface area contributed by atoms with Crippen LogP contribution < -0.4 is 4.74 Å². The molecule has 2 nitrogen and oxygen atoms in total. The van der Waals surface area contributed by atoms with Crippen molar-refractivity contribution >= 4 is 27.5 Å². The predicted octanol–water partition coefficient (Wildman–Crippen LogP) is 4.94. The third kappa shape index (κ3) is 2.75. The molecule has 0 aliphatic rings. The second-order valence-electron chi connectivity index (χ2n) is 5.44. The summed E-state index contributed by atoms with van der Waals surface area (Å²) in [5.41, 5.74) is 0. The Bertz CT molecular complexity index is 805. The Morgan fingerprint density at radius 1 is 0.952 bits per heavy atom. The van der Waals surface area contributed by atoms with Crippen LogP contribution >= 0.6 is 0 Å². The maximum Gasteiger partial charge on any atom is 0.314 e. The van der Waals surface area contributed by atoms with Crippen molar-refractivity contribution in [2.75, 3.05) is 0 Å². The number of carbonyl (C=O) groups excluding carboxylic acids is 1. The van der Waals surface area contributed by atoms with Crippen molar-refractivity contribution in [3.05, 3.63) is 54.6 Å². The fourth-order valence-corrected chi connectivity index (χ4v) is 2.37. The second kappa shape index (κ2) is 5.57. The lowest BCUT2D eigenvalue weighted by atomic mass is 10.0. The standard InChI is InChI=1S/C19H18O2/c1-3-13(2)19(20)21-18-9-8-16-10-14-6-4-5-7-15(14)11-17(16)12-18/h4-13H,3H2,1-2H3. The highest BCUT2D eigenvalue weighted by molar-refractivity contribution is 5.98. The zero-order valence-electron chi connectivity index (χ0n) is 12.3. The Morgan fingerprint density at radius 3 is 2.24 bits per heavy atom. The molecule has 0 fully saturated rings. The fourth-order valence-electron chi connectivity index (χ4n) is 2.37. The van der Waals surface area contributed by atoms with Crippen molar-refractivity contribution in [1.29, 1.82) is 0 Å². The van der Waals surface area contributed by atoms with Gasteiger partial charge in [-0.05, 0) is 52.2 Å². The third-order valence-electron chi connectivity index (χ3n) is 3.91. The van der Waals surface area contributed by atoms with Gasteiger partial charge in [0.15, 0.2) is 0 Å². The van der Waals surface area contributed by atoms with E-state index in [0.29, 0.717) is 5.75 Å². The van der Waals surface area contributed by atoms with E-state index in [-0.39, 0.29) is 11.9 Å². The molecule has 3 rings (SSSR count). The number of ether oxygens (including phenoxy) is 1. The van der Waals surface area contributed by atoms with Gasteiger partial charge >= 0.3 is 5.97 Å². The number of benzene rings is 3. The van der Waals surface area contributed by atoms with Gasteiger partial charge in [0.2, 0.25) is 0 Å². The Morgan fingerprint density at radius 2 is 1.57 bits per heavy atom. The quantitative estimate of drug-likeness (QED) is 0.385. The summed E-state index contributed by atoms with van der Waals surface area (Å²) in [5, 5.41) is 4.64. The van der Waals surface area contributed by atoms with Crippen LogP contribution in [0.25, 0.3) is 21.5 Å². The van der Waals surface area contributed by atoms with E-state index in [4.69, 9.17) is 4.74 Å². The molecule has 21 heavy (non-hydrogen) atoms. The smallest absolute Gasteiger partial charge is 0.314 e. The Hall–Kier alpha value is -2.35. The highest BCUT2D eigenvalue weighted by Crippen LogP contribution is 2.26. The summed E-state index contributed by atoms with van der Waals surface area (Å²) in [4.78, 5) is 11.9. The normalized spacial score (nSPS) is 12.5. The SMILES string of the molecule is CCC(C)C(=O)Oc1ccc2cc3ccccc3cc2c1. The predicted molar refractivity (Wildman–Crippen MR) is 86.5 cm³/mol. The fraction of sp³-hybridized carbons (Fsp3) is 0.211. The number of hydrogen-bond acceptors (Lipinski definition) is 2. The molecule has 106 valence electrons. The highest BCUT2D eigenvalue weighted by atomic mass is 16.5. The van der Waals surface area contributed by atoms with Gasteiger partial charge in [-0.1, -0.05) is 44.2 Å². The van der Waals surface area contributed by atoms with E-state index in [0.717, 1.165) is 17.2 Å². The molecule has 2 heteroatoms. The van der Waals surface area contributed by atoms with Crippen LogP contribution in [0, 0.1) is 5.92 Å². The summed E-state index contributed by atoms with van der Waals surface area (Å²) in [6.45, 7) is 3.87. The monoisotopic (exact) mass is 278 g/mol. The molecule has 0 aliphatic carbocycles. The van der Waals surface area contributed by atoms with Crippen molar-refractivity contribution in [3.63, 3.8) is 0 Å². The number of carbonyl (C=O) groups is 1. The van der Waals surface area contributed by atoms with E-state index < -0.39 is 0 Å². The first-order valence-corrected chi connectivity index (χ1v) is 7.31. The van der Waals surface area contributed by atoms with E-state index in [9.17, 15) is 4.79 Å². The van der Waals surface area contributed by atoms with Gasteiger partial charge in [-0.15, -0.1) is 0 Å². The van der Waals surface area contributed by atoms with Crippen molar-refractivity contribution in [3.8, 4) is 5.75 Å². The molecule has 0 saturated carbocycles. The van der Waals surface area contributed by atoms with Crippen molar-refractivity contribution in [2.45, 2.75) is 20.3 Å². The molecule has 0 bridgehead atoms. The van der Waals surface area contributed by atoms with Crippen LogP contribution in [0.1, 0.15) is 20.3 Å². The molecule has 0 saturated heterocycles. The molecular formula is C19H18O2. The third-order valence-corrected chi connectivity index (χ3v) is 3.91. The van der Waals surface area contributed by atoms with Gasteiger partial charge in [0.25, 0.3) is 0 Å². The Labute approximate surface area is 124 Å². The molecule has 0 radical (unpaired) electrons. The summed E-state index contributed by atoms with van der Waals surface area (Å²) in [6.07, 6.45) is 0.789. The molecule has 0 spiro atoms. The van der Waals surface area contributed by atoms with Crippen molar-refractivity contribution < 1.29 is 9.53 Å². The Balaban J connectivity index is 1.99. The summed E-state index contributed by atoms with van der Waals surface area (Å²) < 4.78 is 5.45. The van der Waals surface area contributed by atoms with Gasteiger partial charge < -0.3 is 4.74 Å². The summed E-state index contributed by atoms with van der Waals surface area (Å²) in [6, 6.07) is 18.3. The maximum atomic E-state index is 11.9. The minimum atomic E-state index is -0.169. The van der Waals surface area contributed by atoms with Crippen LogP contribution in [0.5, 0.6) is 5.75 Å². The minimum absolute atomic E-state index is 0.0719. The lowest BCUT2D eigenvalue weighted by Gasteiger charge is -2.10. The van der Waals surface area contributed by atoms with Crippen LogP contribution in [0.3, 0.4) is 0 Å². The van der Waals surface area contributed by atoms with E-state index in [1.165, 1.54) is 10.8 Å². The molecule has 0 heterocycles. The maximum absolute atomic E-state index is 11.9. The number of esters is 1. The molecular weight excluding hydrogens is 260 g/mol. The summed E-state index contributed by atoms with van der Waals surface area (Å²) in [5.74, 6) is 0.373. The zero-order chi connectivity index (χ0) is 14.8. The molecule has 0 aliphatic heterocycles. The zero-order valence-corrected chi connectivity index (χ0v) is 12.3. The van der Waals surface area contributed by atoms with Crippen molar-refractivity contribution in [1.82, 2.24) is 0 Å². The van der Waals surface area contributed by atoms with Gasteiger partial charge in [-0.2, -0.15) is 0 Å². The van der Waals surface area contributed by atoms with Gasteiger partial charge in [0.05, 0.1) is 5.92 Å². The first kappa shape index (κ1) is 13.6. The van der Waals surface area contributed by atoms with Crippen LogP contribution in [-0.2, 0) is 4.79 Å². The van der Waals surface area contributed by atoms with E-state index in [1.54, 1.807) is 0 Å².